The topological polar surface area (TPSA) is 105 Å². The van der Waals surface area contributed by atoms with Crippen LogP contribution in [0.2, 0.25) is 0 Å². The Morgan fingerprint density at radius 1 is 1.62 bits per heavy atom. The Balaban J connectivity index is 4.22. The van der Waals surface area contributed by atoms with Crippen molar-refractivity contribution in [3.63, 3.8) is 0 Å². The molecule has 0 aliphatic carbocycles. The van der Waals surface area contributed by atoms with Gasteiger partial charge in [0.1, 0.15) is 5.84 Å². The Morgan fingerprint density at radius 3 is 2.46 bits per heavy atom. The first-order chi connectivity index (χ1) is 6.02. The molecule has 0 heterocycles. The molecule has 1 unspecified atom stereocenters. The molecule has 2 atom stereocenters. The number of rotatable bonds is 4. The van der Waals surface area contributed by atoms with E-state index in [4.69, 9.17) is 15.7 Å². The van der Waals surface area contributed by atoms with Crippen LogP contribution in [0.3, 0.4) is 0 Å². The molecular formula is C7H15N3O3. The Hall–Kier alpha value is -1.30. The third-order valence-electron chi connectivity index (χ3n) is 1.93. The van der Waals surface area contributed by atoms with E-state index in [0.717, 1.165) is 0 Å². The molecule has 0 aliphatic rings. The molecule has 0 fully saturated rings. The lowest BCUT2D eigenvalue weighted by molar-refractivity contribution is 0.184. The second-order valence-electron chi connectivity index (χ2n) is 2.78. The highest BCUT2D eigenvalue weighted by Gasteiger charge is 2.20. The van der Waals surface area contributed by atoms with Crippen molar-refractivity contribution in [2.75, 3.05) is 0 Å². The maximum absolute atomic E-state index is 10.3. The minimum absolute atomic E-state index is 0.0967. The summed E-state index contributed by atoms with van der Waals surface area (Å²) in [5.74, 6) is -0.466. The molecule has 6 nitrogen and oxygen atoms in total. The molecule has 5 N–H and O–H groups in total. The summed E-state index contributed by atoms with van der Waals surface area (Å²) in [5.41, 5.74) is 1.70. The molecule has 0 saturated heterocycles. The summed E-state index contributed by atoms with van der Waals surface area (Å²) in [6.07, 6.45) is -0.554. The van der Waals surface area contributed by atoms with Gasteiger partial charge in [0, 0.05) is 12.0 Å². The van der Waals surface area contributed by atoms with Crippen molar-refractivity contribution in [2.45, 2.75) is 26.3 Å². The summed E-state index contributed by atoms with van der Waals surface area (Å²) in [6.45, 7) is 3.47. The zero-order valence-corrected chi connectivity index (χ0v) is 7.66. The van der Waals surface area contributed by atoms with Gasteiger partial charge in [0.15, 0.2) is 0 Å². The molecule has 0 spiro atoms. The molecule has 76 valence electrons. The average molecular weight is 189 g/mol. The molecule has 1 amide bonds. The second-order valence-corrected chi connectivity index (χ2v) is 2.78. The van der Waals surface area contributed by atoms with Gasteiger partial charge in [0.25, 0.3) is 0 Å². The largest absolute Gasteiger partial charge is 0.465 e. The fraction of sp³-hybridized carbons (Fsp3) is 0.714. The van der Waals surface area contributed by atoms with Gasteiger partial charge in [0.05, 0.1) is 0 Å². The van der Waals surface area contributed by atoms with Gasteiger partial charge in [-0.3, -0.25) is 16.1 Å². The van der Waals surface area contributed by atoms with Gasteiger partial charge in [0.2, 0.25) is 0 Å². The summed E-state index contributed by atoms with van der Waals surface area (Å²) < 4.78 is 0. The van der Waals surface area contributed by atoms with Gasteiger partial charge in [-0.2, -0.15) is 0 Å². The van der Waals surface area contributed by atoms with Crippen molar-refractivity contribution >= 4 is 11.9 Å². The van der Waals surface area contributed by atoms with E-state index in [0.29, 0.717) is 6.42 Å². The molecule has 0 aromatic carbocycles. The van der Waals surface area contributed by atoms with Crippen molar-refractivity contribution in [3.8, 4) is 0 Å². The minimum atomic E-state index is -1.12. The van der Waals surface area contributed by atoms with Crippen LogP contribution in [0.15, 0.2) is 0 Å². The van der Waals surface area contributed by atoms with Gasteiger partial charge < -0.3 is 10.4 Å². The van der Waals surface area contributed by atoms with Crippen molar-refractivity contribution < 1.29 is 15.1 Å². The Kier molecular flexibility index (Phi) is 4.83. The van der Waals surface area contributed by atoms with Crippen molar-refractivity contribution in [1.29, 1.82) is 5.41 Å². The van der Waals surface area contributed by atoms with Gasteiger partial charge in [-0.1, -0.05) is 13.8 Å². The lowest BCUT2D eigenvalue weighted by Gasteiger charge is -2.22. The first kappa shape index (κ1) is 11.7. The van der Waals surface area contributed by atoms with Crippen LogP contribution in [0.4, 0.5) is 4.79 Å². The quantitative estimate of drug-likeness (QED) is 0.254. The normalized spacial score (nSPS) is 14.4. The maximum Gasteiger partial charge on any atom is 0.404 e. The predicted octanol–water partition coefficient (Wildman–Crippen LogP) is 0.625. The van der Waals surface area contributed by atoms with Gasteiger partial charge in [-0.05, 0) is 6.42 Å². The van der Waals surface area contributed by atoms with Crippen molar-refractivity contribution in [3.05, 3.63) is 0 Å². The smallest absolute Gasteiger partial charge is 0.404 e. The Morgan fingerprint density at radius 2 is 2.15 bits per heavy atom. The highest BCUT2D eigenvalue weighted by atomic mass is 16.5. The van der Waals surface area contributed by atoms with E-state index in [2.05, 4.69) is 5.32 Å². The van der Waals surface area contributed by atoms with Crippen molar-refractivity contribution in [1.82, 2.24) is 10.8 Å². The second kappa shape index (κ2) is 5.36. The average Bonchev–Trinajstić information content (AvgIpc) is 2.11. The SMILES string of the molecule is CCC(NC(=O)O)[C@H](C)C(=N)NO. The van der Waals surface area contributed by atoms with E-state index in [9.17, 15) is 4.79 Å². The van der Waals surface area contributed by atoms with Crippen LogP contribution in [-0.2, 0) is 0 Å². The van der Waals surface area contributed by atoms with E-state index >= 15 is 0 Å². The number of amides is 1. The molecule has 6 heteroatoms. The van der Waals surface area contributed by atoms with Crippen LogP contribution in [0, 0.1) is 11.3 Å². The van der Waals surface area contributed by atoms with Gasteiger partial charge in [-0.15, -0.1) is 0 Å². The third kappa shape index (κ3) is 3.75. The highest BCUT2D eigenvalue weighted by Crippen LogP contribution is 2.06. The van der Waals surface area contributed by atoms with Crippen LogP contribution in [0.1, 0.15) is 20.3 Å². The Bertz CT molecular complexity index is 195. The lowest BCUT2D eigenvalue weighted by atomic mass is 9.99. The molecule has 0 aliphatic heterocycles. The fourth-order valence-electron chi connectivity index (χ4n) is 1.04. The molecule has 0 radical (unpaired) electrons. The number of amidine groups is 1. The Labute approximate surface area is 76.4 Å². The monoisotopic (exact) mass is 189 g/mol. The number of nitrogens with one attached hydrogen (secondary N) is 3. The maximum atomic E-state index is 10.3. The van der Waals surface area contributed by atoms with Gasteiger partial charge in [-0.25, -0.2) is 4.79 Å². The standard InChI is InChI=1S/C7H15N3O3/c1-3-5(9-7(11)12)4(2)6(8)10-13/h4-5,9,13H,3H2,1-2H3,(H2,8,10)(H,11,12)/t4-,5?/m0/s1. The zero-order chi connectivity index (χ0) is 10.4. The van der Waals surface area contributed by atoms with E-state index in [1.165, 1.54) is 0 Å². The third-order valence-corrected chi connectivity index (χ3v) is 1.93. The van der Waals surface area contributed by atoms with Crippen LogP contribution in [0.5, 0.6) is 0 Å². The van der Waals surface area contributed by atoms with Crippen LogP contribution >= 0.6 is 0 Å². The van der Waals surface area contributed by atoms with Crippen LogP contribution in [-0.4, -0.2) is 28.3 Å². The summed E-state index contributed by atoms with van der Waals surface area (Å²) in [7, 11) is 0. The van der Waals surface area contributed by atoms with Crippen molar-refractivity contribution in [2.24, 2.45) is 5.92 Å². The fourth-order valence-corrected chi connectivity index (χ4v) is 1.04. The van der Waals surface area contributed by atoms with Crippen LogP contribution < -0.4 is 10.8 Å². The first-order valence-corrected chi connectivity index (χ1v) is 4.00. The summed E-state index contributed by atoms with van der Waals surface area (Å²) in [6, 6.07) is -0.357. The molecular weight excluding hydrogens is 174 g/mol. The summed E-state index contributed by atoms with van der Waals surface area (Å²) in [5, 5.41) is 26.4. The van der Waals surface area contributed by atoms with E-state index < -0.39 is 6.09 Å². The summed E-state index contributed by atoms with van der Waals surface area (Å²) in [4.78, 5) is 10.3. The molecule has 0 aromatic heterocycles. The number of carboxylic acid groups (broad SMARTS) is 1. The number of hydrogen-bond acceptors (Lipinski definition) is 3. The first-order valence-electron chi connectivity index (χ1n) is 4.00. The number of carbonyl (C=O) groups is 1. The summed E-state index contributed by atoms with van der Waals surface area (Å²) >= 11 is 0. The zero-order valence-electron chi connectivity index (χ0n) is 7.66. The molecule has 0 aromatic rings. The number of hydrogen-bond donors (Lipinski definition) is 5. The minimum Gasteiger partial charge on any atom is -0.465 e. The van der Waals surface area contributed by atoms with E-state index in [1.807, 2.05) is 6.92 Å². The van der Waals surface area contributed by atoms with E-state index in [1.54, 1.807) is 12.4 Å². The molecule has 0 rings (SSSR count). The molecule has 13 heavy (non-hydrogen) atoms. The molecule has 0 saturated carbocycles. The molecule has 0 bridgehead atoms. The highest BCUT2D eigenvalue weighted by molar-refractivity contribution is 5.81. The van der Waals surface area contributed by atoms with E-state index in [-0.39, 0.29) is 17.8 Å². The lowest BCUT2D eigenvalue weighted by Crippen LogP contribution is -2.43. The van der Waals surface area contributed by atoms with Gasteiger partial charge >= 0.3 is 6.09 Å². The predicted molar refractivity (Wildman–Crippen MR) is 47.1 cm³/mol. The van der Waals surface area contributed by atoms with Crippen LogP contribution in [0.25, 0.3) is 0 Å². The number of hydroxylamine groups is 1.